The number of rotatable bonds is 1. The van der Waals surface area contributed by atoms with Crippen LogP contribution in [0, 0.1) is 13.8 Å². The van der Waals surface area contributed by atoms with Crippen LogP contribution in [0.4, 0.5) is 0 Å². The van der Waals surface area contributed by atoms with Gasteiger partial charge in [0, 0.05) is 18.8 Å². The van der Waals surface area contributed by atoms with Crippen molar-refractivity contribution >= 4 is 11.9 Å². The van der Waals surface area contributed by atoms with Crippen molar-refractivity contribution < 1.29 is 0 Å². The first-order valence-electron chi connectivity index (χ1n) is 5.76. The summed E-state index contributed by atoms with van der Waals surface area (Å²) in [5.74, 6) is 0.783. The van der Waals surface area contributed by atoms with Crippen molar-refractivity contribution in [2.24, 2.45) is 4.99 Å². The van der Waals surface area contributed by atoms with Crippen molar-refractivity contribution in [1.29, 1.82) is 0 Å². The van der Waals surface area contributed by atoms with Crippen molar-refractivity contribution in [2.75, 3.05) is 7.05 Å². The van der Waals surface area contributed by atoms with E-state index in [1.165, 1.54) is 28.0 Å². The Morgan fingerprint density at radius 2 is 1.88 bits per heavy atom. The molecule has 1 aromatic rings. The predicted molar refractivity (Wildman–Crippen MR) is 73.9 cm³/mol. The van der Waals surface area contributed by atoms with E-state index in [4.69, 9.17) is 0 Å². The summed E-state index contributed by atoms with van der Waals surface area (Å²) < 4.78 is 0. The Morgan fingerprint density at radius 3 is 2.53 bits per heavy atom. The minimum Gasteiger partial charge on any atom is -0.329 e. The maximum atomic E-state index is 4.26. The maximum Gasteiger partial charge on any atom is 0.125 e. The van der Waals surface area contributed by atoms with Gasteiger partial charge in [0.05, 0.1) is 5.70 Å². The molecule has 1 aliphatic heterocycles. The lowest BCUT2D eigenvalue weighted by atomic mass is 9.99. The fourth-order valence-electron chi connectivity index (χ4n) is 2.19. The third-order valence-corrected chi connectivity index (χ3v) is 3.14. The zero-order chi connectivity index (χ0) is 12.6. The summed E-state index contributed by atoms with van der Waals surface area (Å²) in [4.78, 5) is 6.31. The van der Waals surface area contributed by atoms with Crippen LogP contribution < -0.4 is 0 Å². The van der Waals surface area contributed by atoms with E-state index < -0.39 is 0 Å². The molecule has 1 aliphatic rings. The van der Waals surface area contributed by atoms with Crippen LogP contribution in [0.5, 0.6) is 0 Å². The van der Waals surface area contributed by atoms with Gasteiger partial charge in [-0.1, -0.05) is 30.3 Å². The topological polar surface area (TPSA) is 15.6 Å². The molecule has 0 saturated carbocycles. The molecule has 17 heavy (non-hydrogen) atoms. The van der Waals surface area contributed by atoms with Crippen LogP contribution in [0.25, 0.3) is 5.70 Å². The fraction of sp³-hybridized carbons (Fsp3) is 0.267. The molecule has 2 heteroatoms. The Kier molecular flexibility index (Phi) is 2.88. The number of hydrogen-bond acceptors (Lipinski definition) is 2. The normalized spacial score (nSPS) is 15.8. The average molecular weight is 226 g/mol. The monoisotopic (exact) mass is 226 g/mol. The number of aliphatic imine (C=N–C) groups is 1. The smallest absolute Gasteiger partial charge is 0.125 e. The van der Waals surface area contributed by atoms with Gasteiger partial charge in [-0.3, -0.25) is 0 Å². The molecule has 0 fully saturated rings. The van der Waals surface area contributed by atoms with Crippen molar-refractivity contribution in [3.8, 4) is 0 Å². The van der Waals surface area contributed by atoms with Crippen LogP contribution in [-0.2, 0) is 0 Å². The van der Waals surface area contributed by atoms with Gasteiger partial charge in [-0.2, -0.15) is 0 Å². The molecule has 0 atom stereocenters. The second kappa shape index (κ2) is 4.21. The molecule has 0 aromatic heterocycles. The molecule has 1 heterocycles. The third-order valence-electron chi connectivity index (χ3n) is 3.14. The Balaban J connectivity index is 2.59. The molecule has 2 rings (SSSR count). The highest BCUT2D eigenvalue weighted by Gasteiger charge is 2.17. The van der Waals surface area contributed by atoms with Crippen molar-refractivity contribution in [3.05, 3.63) is 52.9 Å². The highest BCUT2D eigenvalue weighted by Crippen LogP contribution is 2.30. The van der Waals surface area contributed by atoms with Gasteiger partial charge in [-0.15, -0.1) is 0 Å². The van der Waals surface area contributed by atoms with Crippen LogP contribution in [-0.4, -0.2) is 18.2 Å². The SMILES string of the molecule is C=C1N=CC(C)=C(c2ccc(C)cc2C)N1C. The molecule has 0 saturated heterocycles. The predicted octanol–water partition coefficient (Wildman–Crippen LogP) is 3.52. The largest absolute Gasteiger partial charge is 0.329 e. The fourth-order valence-corrected chi connectivity index (χ4v) is 2.19. The summed E-state index contributed by atoms with van der Waals surface area (Å²) >= 11 is 0. The van der Waals surface area contributed by atoms with Crippen molar-refractivity contribution in [1.82, 2.24) is 4.90 Å². The molecule has 88 valence electrons. The molecule has 0 bridgehead atoms. The molecule has 1 aromatic carbocycles. The summed E-state index contributed by atoms with van der Waals surface area (Å²) in [6.07, 6.45) is 1.89. The van der Waals surface area contributed by atoms with Gasteiger partial charge in [0.2, 0.25) is 0 Å². The Bertz CT molecular complexity index is 536. The molecular weight excluding hydrogens is 208 g/mol. The van der Waals surface area contributed by atoms with Crippen LogP contribution in [0.1, 0.15) is 23.6 Å². The maximum absolute atomic E-state index is 4.26. The van der Waals surface area contributed by atoms with Crippen LogP contribution in [0.15, 0.2) is 41.2 Å². The van der Waals surface area contributed by atoms with E-state index in [9.17, 15) is 0 Å². The van der Waals surface area contributed by atoms with E-state index in [-0.39, 0.29) is 0 Å². The minimum atomic E-state index is 0.783. The van der Waals surface area contributed by atoms with Crippen LogP contribution in [0.3, 0.4) is 0 Å². The lowest BCUT2D eigenvalue weighted by Gasteiger charge is -2.28. The lowest BCUT2D eigenvalue weighted by Crippen LogP contribution is -2.20. The van der Waals surface area contributed by atoms with Gasteiger partial charge >= 0.3 is 0 Å². The highest BCUT2D eigenvalue weighted by molar-refractivity contribution is 5.93. The Hall–Kier alpha value is -1.83. The first-order chi connectivity index (χ1) is 8.00. The standard InChI is InChI=1S/C15H18N2/c1-10-6-7-14(11(2)8-10)15-12(3)9-16-13(4)17(15)5/h6-9H,4H2,1-3,5H3. The second-order valence-electron chi connectivity index (χ2n) is 4.58. The van der Waals surface area contributed by atoms with Gasteiger partial charge in [0.1, 0.15) is 5.82 Å². The zero-order valence-electron chi connectivity index (χ0n) is 10.9. The second-order valence-corrected chi connectivity index (χ2v) is 4.58. The van der Waals surface area contributed by atoms with Gasteiger partial charge in [-0.25, -0.2) is 4.99 Å². The number of hydrogen-bond donors (Lipinski definition) is 0. The molecular formula is C15H18N2. The van der Waals surface area contributed by atoms with Gasteiger partial charge in [0.15, 0.2) is 0 Å². The summed E-state index contributed by atoms with van der Waals surface area (Å²) in [5, 5.41) is 0. The molecule has 0 N–H and O–H groups in total. The molecule has 0 aliphatic carbocycles. The number of nitrogens with zero attached hydrogens (tertiary/aromatic N) is 2. The molecule has 0 amide bonds. The van der Waals surface area contributed by atoms with Gasteiger partial charge in [0.25, 0.3) is 0 Å². The van der Waals surface area contributed by atoms with Crippen LogP contribution >= 0.6 is 0 Å². The van der Waals surface area contributed by atoms with E-state index in [1.807, 2.05) is 18.2 Å². The van der Waals surface area contributed by atoms with E-state index >= 15 is 0 Å². The van der Waals surface area contributed by atoms with Gasteiger partial charge < -0.3 is 4.90 Å². The summed E-state index contributed by atoms with van der Waals surface area (Å²) in [6.45, 7) is 10.3. The first kappa shape index (κ1) is 11.6. The molecule has 0 spiro atoms. The van der Waals surface area contributed by atoms with Crippen molar-refractivity contribution in [3.63, 3.8) is 0 Å². The van der Waals surface area contributed by atoms with E-state index in [2.05, 4.69) is 50.5 Å². The quantitative estimate of drug-likeness (QED) is 0.715. The molecule has 0 radical (unpaired) electrons. The van der Waals surface area contributed by atoms with Crippen molar-refractivity contribution in [2.45, 2.75) is 20.8 Å². The van der Waals surface area contributed by atoms with E-state index in [1.54, 1.807) is 0 Å². The Labute approximate surface area is 103 Å². The summed E-state index contributed by atoms with van der Waals surface area (Å²) in [6, 6.07) is 6.52. The number of aryl methyl sites for hydroxylation is 2. The summed E-state index contributed by atoms with van der Waals surface area (Å²) in [7, 11) is 2.01. The average Bonchev–Trinajstić information content (AvgIpc) is 2.27. The molecule has 0 unspecified atom stereocenters. The number of benzene rings is 1. The lowest BCUT2D eigenvalue weighted by molar-refractivity contribution is 0.584. The van der Waals surface area contributed by atoms with Gasteiger partial charge in [-0.05, 0) is 31.9 Å². The van der Waals surface area contributed by atoms with E-state index in [0.717, 1.165) is 5.82 Å². The van der Waals surface area contributed by atoms with Crippen LogP contribution in [0.2, 0.25) is 0 Å². The minimum absolute atomic E-state index is 0.783. The number of allylic oxidation sites excluding steroid dienone is 1. The summed E-state index contributed by atoms with van der Waals surface area (Å²) in [5.41, 5.74) is 6.20. The molecule has 2 nitrogen and oxygen atoms in total. The Morgan fingerprint density at radius 1 is 1.18 bits per heavy atom. The zero-order valence-corrected chi connectivity index (χ0v) is 10.9. The first-order valence-corrected chi connectivity index (χ1v) is 5.76. The van der Waals surface area contributed by atoms with E-state index in [0.29, 0.717) is 0 Å². The highest BCUT2D eigenvalue weighted by atomic mass is 15.2. The third kappa shape index (κ3) is 2.03.